The van der Waals surface area contributed by atoms with Crippen LogP contribution >= 0.6 is 0 Å². The molecule has 0 N–H and O–H groups in total. The van der Waals surface area contributed by atoms with Crippen LogP contribution in [0.3, 0.4) is 0 Å². The maximum atomic E-state index is 15.5. The number of benzene rings is 2. The molecule has 0 bridgehead atoms. The molecule has 0 atom stereocenters. The van der Waals surface area contributed by atoms with Gasteiger partial charge in [-0.05, 0) is 50.2 Å². The molecule has 0 fully saturated rings. The standard InChI is InChI=1S/C22H24F3N3O5S2/c1-5-9-34(30,31)28(35(32,33)10-6-2)18-12-16(23)20(24)19(21(18)25)22(29)15-7-8-17(14(3)11-15)27-13-26-4/h7-8,11-13H,4-6,9-10H2,1-3H3. The summed E-state index contributed by atoms with van der Waals surface area (Å²) in [6.07, 6.45) is 1.07. The van der Waals surface area contributed by atoms with Crippen molar-refractivity contribution in [1.29, 1.82) is 0 Å². The zero-order chi connectivity index (χ0) is 26.6. The molecule has 190 valence electrons. The Morgan fingerprint density at radius 2 is 1.57 bits per heavy atom. The Bertz CT molecular complexity index is 1360. The summed E-state index contributed by atoms with van der Waals surface area (Å²) in [5.41, 5.74) is -2.19. The Kier molecular flexibility index (Phi) is 8.95. The van der Waals surface area contributed by atoms with Crippen molar-refractivity contribution in [3.8, 4) is 0 Å². The summed E-state index contributed by atoms with van der Waals surface area (Å²) in [5.74, 6) is -8.22. The Balaban J connectivity index is 2.80. The first kappa shape index (κ1) is 28.2. The summed E-state index contributed by atoms with van der Waals surface area (Å²) < 4.78 is 95.6. The van der Waals surface area contributed by atoms with Crippen LogP contribution in [0.25, 0.3) is 0 Å². The second-order valence-electron chi connectivity index (χ2n) is 7.47. The second-order valence-corrected chi connectivity index (χ2v) is 11.6. The highest BCUT2D eigenvalue weighted by Gasteiger charge is 2.38. The third-order valence-corrected chi connectivity index (χ3v) is 9.34. The van der Waals surface area contributed by atoms with E-state index in [0.29, 0.717) is 11.3 Å². The van der Waals surface area contributed by atoms with Crippen LogP contribution in [0.4, 0.5) is 24.5 Å². The third-order valence-electron chi connectivity index (χ3n) is 4.73. The van der Waals surface area contributed by atoms with E-state index in [1.165, 1.54) is 32.0 Å². The number of hydrogen-bond donors (Lipinski definition) is 0. The number of carbonyl (C=O) groups excluding carboxylic acids is 1. The average molecular weight is 532 g/mol. The van der Waals surface area contributed by atoms with Crippen molar-refractivity contribution < 1.29 is 34.8 Å². The topological polar surface area (TPSA) is 113 Å². The molecule has 0 unspecified atom stereocenters. The Labute approximate surface area is 202 Å². The maximum Gasteiger partial charge on any atom is 0.248 e. The fraction of sp³-hybridized carbons (Fsp3) is 0.318. The lowest BCUT2D eigenvalue weighted by atomic mass is 9.99. The van der Waals surface area contributed by atoms with Gasteiger partial charge in [-0.25, -0.2) is 35.0 Å². The summed E-state index contributed by atoms with van der Waals surface area (Å²) in [6, 6.07) is 3.88. The van der Waals surface area contributed by atoms with E-state index >= 15 is 4.39 Å². The zero-order valence-electron chi connectivity index (χ0n) is 19.3. The van der Waals surface area contributed by atoms with E-state index in [0.717, 1.165) is 6.34 Å². The predicted molar refractivity (Wildman–Crippen MR) is 129 cm³/mol. The number of sulfonamides is 2. The van der Waals surface area contributed by atoms with Gasteiger partial charge in [-0.3, -0.25) is 9.79 Å². The van der Waals surface area contributed by atoms with Gasteiger partial charge in [0.15, 0.2) is 23.2 Å². The van der Waals surface area contributed by atoms with Crippen LogP contribution in [0.5, 0.6) is 0 Å². The van der Waals surface area contributed by atoms with Gasteiger partial charge in [0.25, 0.3) is 0 Å². The maximum absolute atomic E-state index is 15.5. The number of hydrogen-bond acceptors (Lipinski definition) is 6. The van der Waals surface area contributed by atoms with Crippen molar-refractivity contribution in [2.75, 3.05) is 15.2 Å². The quantitative estimate of drug-likeness (QED) is 0.186. The lowest BCUT2D eigenvalue weighted by molar-refractivity contribution is 0.103. The lowest BCUT2D eigenvalue weighted by Crippen LogP contribution is -2.40. The minimum Gasteiger partial charge on any atom is -0.288 e. The summed E-state index contributed by atoms with van der Waals surface area (Å²) in [6.45, 7) is 7.67. The van der Waals surface area contributed by atoms with Gasteiger partial charge in [0.1, 0.15) is 12.0 Å². The molecule has 0 spiro atoms. The van der Waals surface area contributed by atoms with E-state index in [4.69, 9.17) is 0 Å². The SMILES string of the molecule is C=NC=Nc1ccc(C(=O)c2c(F)c(F)cc(N(S(=O)(=O)CCC)S(=O)(=O)CCC)c2F)cc1C. The normalized spacial score (nSPS) is 12.2. The zero-order valence-corrected chi connectivity index (χ0v) is 20.9. The van der Waals surface area contributed by atoms with Crippen LogP contribution in [0, 0.1) is 24.4 Å². The Morgan fingerprint density at radius 3 is 2.06 bits per heavy atom. The number of carbonyl (C=O) groups is 1. The Morgan fingerprint density at radius 1 is 1.00 bits per heavy atom. The van der Waals surface area contributed by atoms with Gasteiger partial charge in [-0.2, -0.15) is 3.71 Å². The first-order chi connectivity index (χ1) is 16.3. The highest BCUT2D eigenvalue weighted by atomic mass is 32.3. The van der Waals surface area contributed by atoms with Gasteiger partial charge in [-0.1, -0.05) is 13.8 Å². The van der Waals surface area contributed by atoms with E-state index in [-0.39, 0.29) is 28.2 Å². The van der Waals surface area contributed by atoms with E-state index in [2.05, 4.69) is 16.7 Å². The van der Waals surface area contributed by atoms with Gasteiger partial charge in [0.2, 0.25) is 20.0 Å². The van der Waals surface area contributed by atoms with Crippen molar-refractivity contribution in [3.05, 3.63) is 58.4 Å². The Hall–Kier alpha value is -3.06. The molecule has 2 aromatic rings. The van der Waals surface area contributed by atoms with Crippen molar-refractivity contribution in [3.63, 3.8) is 0 Å². The number of ketones is 1. The smallest absolute Gasteiger partial charge is 0.248 e. The molecular weight excluding hydrogens is 507 g/mol. The predicted octanol–water partition coefficient (Wildman–Crippen LogP) is 4.29. The molecule has 2 aromatic carbocycles. The van der Waals surface area contributed by atoms with E-state index in [1.807, 2.05) is 0 Å². The largest absolute Gasteiger partial charge is 0.288 e. The first-order valence-corrected chi connectivity index (χ1v) is 13.6. The minimum absolute atomic E-state index is 0.0347. The van der Waals surface area contributed by atoms with Crippen LogP contribution < -0.4 is 3.71 Å². The highest BCUT2D eigenvalue weighted by Crippen LogP contribution is 2.33. The summed E-state index contributed by atoms with van der Waals surface area (Å²) in [5, 5.41) is 0. The molecule has 35 heavy (non-hydrogen) atoms. The summed E-state index contributed by atoms with van der Waals surface area (Å²) in [7, 11) is -9.42. The molecule has 0 aliphatic carbocycles. The van der Waals surface area contributed by atoms with Crippen LogP contribution in [0.2, 0.25) is 0 Å². The van der Waals surface area contributed by atoms with Crippen LogP contribution in [0.15, 0.2) is 34.3 Å². The number of anilines is 1. The van der Waals surface area contributed by atoms with Crippen molar-refractivity contribution in [2.45, 2.75) is 33.6 Å². The number of rotatable bonds is 11. The molecule has 2 rings (SSSR count). The fourth-order valence-corrected chi connectivity index (χ4v) is 7.33. The molecule has 0 heterocycles. The number of halogens is 3. The highest BCUT2D eigenvalue weighted by molar-refractivity contribution is 8.10. The molecule has 0 radical (unpaired) electrons. The summed E-state index contributed by atoms with van der Waals surface area (Å²) >= 11 is 0. The molecule has 8 nitrogen and oxygen atoms in total. The van der Waals surface area contributed by atoms with Gasteiger partial charge in [-0.15, -0.1) is 0 Å². The lowest BCUT2D eigenvalue weighted by Gasteiger charge is -2.25. The summed E-state index contributed by atoms with van der Waals surface area (Å²) in [4.78, 5) is 20.4. The van der Waals surface area contributed by atoms with Crippen molar-refractivity contribution in [2.24, 2.45) is 9.98 Å². The van der Waals surface area contributed by atoms with E-state index < -0.39 is 66.0 Å². The molecule has 0 saturated carbocycles. The van der Waals surface area contributed by atoms with Crippen LogP contribution in [-0.2, 0) is 20.0 Å². The molecule has 0 aliphatic rings. The first-order valence-electron chi connectivity index (χ1n) is 10.4. The van der Waals surface area contributed by atoms with Gasteiger partial charge >= 0.3 is 0 Å². The molecule has 0 aromatic heterocycles. The average Bonchev–Trinajstić information content (AvgIpc) is 2.76. The molecule has 0 aliphatic heterocycles. The molecule has 0 saturated heterocycles. The minimum atomic E-state index is -4.71. The van der Waals surface area contributed by atoms with Crippen LogP contribution in [-0.4, -0.2) is 47.2 Å². The number of aliphatic imine (C=N–C) groups is 2. The van der Waals surface area contributed by atoms with Gasteiger partial charge in [0.05, 0.1) is 22.8 Å². The monoisotopic (exact) mass is 531 g/mol. The van der Waals surface area contributed by atoms with E-state index in [1.54, 1.807) is 6.92 Å². The van der Waals surface area contributed by atoms with Gasteiger partial charge < -0.3 is 0 Å². The molecule has 13 heteroatoms. The third kappa shape index (κ3) is 5.96. The number of aryl methyl sites for hydroxylation is 1. The van der Waals surface area contributed by atoms with Crippen molar-refractivity contribution >= 4 is 50.3 Å². The molecule has 0 amide bonds. The molecular formula is C22H24F3N3O5S2. The van der Waals surface area contributed by atoms with Gasteiger partial charge in [0, 0.05) is 11.6 Å². The van der Waals surface area contributed by atoms with E-state index in [9.17, 15) is 30.4 Å². The second kappa shape index (κ2) is 11.1. The fourth-order valence-electron chi connectivity index (χ4n) is 3.27. The van der Waals surface area contributed by atoms with Crippen LogP contribution in [0.1, 0.15) is 48.2 Å². The van der Waals surface area contributed by atoms with Crippen molar-refractivity contribution in [1.82, 2.24) is 0 Å². The number of nitrogens with zero attached hydrogens (tertiary/aromatic N) is 3.